The number of aromatic nitrogens is 2. The van der Waals surface area contributed by atoms with Gasteiger partial charge in [-0.25, -0.2) is 9.97 Å². The maximum Gasteiger partial charge on any atom is 0.320 e. The molecular formula is C29H34N6O3. The van der Waals surface area contributed by atoms with Crippen LogP contribution in [0.1, 0.15) is 31.4 Å². The number of morpholine rings is 1. The fourth-order valence-corrected chi connectivity index (χ4v) is 5.25. The van der Waals surface area contributed by atoms with Crippen molar-refractivity contribution in [2.24, 2.45) is 0 Å². The van der Waals surface area contributed by atoms with Gasteiger partial charge in [-0.15, -0.1) is 0 Å². The van der Waals surface area contributed by atoms with E-state index in [2.05, 4.69) is 44.6 Å². The summed E-state index contributed by atoms with van der Waals surface area (Å²) in [5.74, 6) is 0.387. The van der Waals surface area contributed by atoms with Crippen LogP contribution >= 0.6 is 0 Å². The van der Waals surface area contributed by atoms with Crippen LogP contribution in [0, 0.1) is 0 Å². The maximum atomic E-state index is 12.6. The molecule has 0 radical (unpaired) electrons. The second kappa shape index (κ2) is 11.3. The van der Waals surface area contributed by atoms with Crippen molar-refractivity contribution in [3.63, 3.8) is 0 Å². The number of rotatable bonds is 7. The molecule has 3 aromatic rings. The first-order valence-corrected chi connectivity index (χ1v) is 13.1. The molecule has 5 rings (SSSR count). The minimum Gasteiger partial charge on any atom is -0.457 e. The van der Waals surface area contributed by atoms with Crippen molar-refractivity contribution in [3.8, 4) is 0 Å². The summed E-state index contributed by atoms with van der Waals surface area (Å²) < 4.78 is 5.72. The first-order valence-electron chi connectivity index (χ1n) is 13.1. The van der Waals surface area contributed by atoms with E-state index in [9.17, 15) is 9.59 Å². The second-order valence-corrected chi connectivity index (χ2v) is 10.3. The standard InChI is InChI=1S/C29H34N6O3/c1-21(22-7-4-3-5-8-22)32-28-24-17-23(10-11-25(24)30-20-31-28)33-26(36)9-6-14-35-15-12-29(13-16-35)19-34(2)18-27(37)38-29/h3-11,17,20-21H,12-16,18-19H2,1-2H3,(H,33,36)(H,30,31,32)/b9-6+/t21-/m1/s1. The highest BCUT2D eigenvalue weighted by atomic mass is 16.6. The summed E-state index contributed by atoms with van der Waals surface area (Å²) in [5, 5.41) is 7.26. The highest BCUT2D eigenvalue weighted by Crippen LogP contribution is 2.30. The summed E-state index contributed by atoms with van der Waals surface area (Å²) in [5.41, 5.74) is 2.27. The molecule has 3 heterocycles. The number of hydrogen-bond donors (Lipinski definition) is 2. The quantitative estimate of drug-likeness (QED) is 0.364. The number of likely N-dealkylation sites (N-methyl/N-ethyl adjacent to an activating group) is 1. The normalized spacial score (nSPS) is 18.9. The number of anilines is 2. The molecule has 0 aliphatic carbocycles. The van der Waals surface area contributed by atoms with Crippen LogP contribution in [-0.2, 0) is 14.3 Å². The summed E-state index contributed by atoms with van der Waals surface area (Å²) in [4.78, 5) is 37.6. The van der Waals surface area contributed by atoms with E-state index in [0.717, 1.165) is 54.8 Å². The molecule has 2 saturated heterocycles. The van der Waals surface area contributed by atoms with Crippen molar-refractivity contribution >= 4 is 34.3 Å². The number of nitrogens with one attached hydrogen (secondary N) is 2. The predicted octanol–water partition coefficient (Wildman–Crippen LogP) is 3.62. The maximum absolute atomic E-state index is 12.6. The molecule has 0 unspecified atom stereocenters. The second-order valence-electron chi connectivity index (χ2n) is 10.3. The molecule has 2 fully saturated rings. The van der Waals surface area contributed by atoms with Crippen molar-refractivity contribution < 1.29 is 14.3 Å². The van der Waals surface area contributed by atoms with Gasteiger partial charge in [0.2, 0.25) is 5.91 Å². The summed E-state index contributed by atoms with van der Waals surface area (Å²) in [7, 11) is 1.96. The van der Waals surface area contributed by atoms with Gasteiger partial charge in [-0.05, 0) is 37.7 Å². The number of ether oxygens (including phenoxy) is 1. The number of carbonyl (C=O) groups is 2. The molecule has 0 bridgehead atoms. The third kappa shape index (κ3) is 6.17. The lowest BCUT2D eigenvalue weighted by Crippen LogP contribution is -2.57. The van der Waals surface area contributed by atoms with Crippen molar-refractivity contribution in [2.75, 3.05) is 50.4 Å². The fraction of sp³-hybridized carbons (Fsp3) is 0.379. The van der Waals surface area contributed by atoms with Gasteiger partial charge in [0.25, 0.3) is 0 Å². The van der Waals surface area contributed by atoms with E-state index in [1.807, 2.05) is 54.4 Å². The van der Waals surface area contributed by atoms with Gasteiger partial charge < -0.3 is 15.4 Å². The Hall–Kier alpha value is -3.82. The van der Waals surface area contributed by atoms with Gasteiger partial charge in [0.1, 0.15) is 17.7 Å². The average Bonchev–Trinajstić information content (AvgIpc) is 2.90. The van der Waals surface area contributed by atoms with Crippen LogP contribution in [0.2, 0.25) is 0 Å². The molecule has 1 atom stereocenters. The van der Waals surface area contributed by atoms with Gasteiger partial charge in [0, 0.05) is 62.2 Å². The van der Waals surface area contributed by atoms with E-state index in [0.29, 0.717) is 18.8 Å². The van der Waals surface area contributed by atoms with Crippen LogP contribution in [0.4, 0.5) is 11.5 Å². The van der Waals surface area contributed by atoms with Gasteiger partial charge in [0.15, 0.2) is 0 Å². The smallest absolute Gasteiger partial charge is 0.320 e. The summed E-state index contributed by atoms with van der Waals surface area (Å²) in [6.45, 7) is 5.55. The molecule has 0 saturated carbocycles. The first kappa shape index (κ1) is 25.8. The Kier molecular flexibility index (Phi) is 7.67. The number of nitrogens with zero attached hydrogens (tertiary/aromatic N) is 4. The Balaban J connectivity index is 1.16. The predicted molar refractivity (Wildman–Crippen MR) is 148 cm³/mol. The number of esters is 1. The molecule has 2 aliphatic rings. The molecule has 1 spiro atoms. The van der Waals surface area contributed by atoms with E-state index in [1.165, 1.54) is 0 Å². The van der Waals surface area contributed by atoms with Crippen LogP contribution in [0.25, 0.3) is 10.9 Å². The van der Waals surface area contributed by atoms with E-state index in [-0.39, 0.29) is 23.5 Å². The van der Waals surface area contributed by atoms with Crippen molar-refractivity contribution in [3.05, 3.63) is 72.6 Å². The molecule has 2 aliphatic heterocycles. The summed E-state index contributed by atoms with van der Waals surface area (Å²) >= 11 is 0. The van der Waals surface area contributed by atoms with Crippen LogP contribution in [0.15, 0.2) is 67.0 Å². The highest BCUT2D eigenvalue weighted by Gasteiger charge is 2.42. The highest BCUT2D eigenvalue weighted by molar-refractivity contribution is 6.01. The van der Waals surface area contributed by atoms with Crippen LogP contribution in [0.3, 0.4) is 0 Å². The van der Waals surface area contributed by atoms with Crippen molar-refractivity contribution in [1.29, 1.82) is 0 Å². The number of likely N-dealkylation sites (tertiary alicyclic amines) is 1. The molecule has 1 aromatic heterocycles. The zero-order valence-electron chi connectivity index (χ0n) is 21.9. The lowest BCUT2D eigenvalue weighted by molar-refractivity contribution is -0.179. The van der Waals surface area contributed by atoms with E-state index in [1.54, 1.807) is 12.4 Å². The molecule has 2 N–H and O–H groups in total. The summed E-state index contributed by atoms with van der Waals surface area (Å²) in [6.07, 6.45) is 6.61. The number of hydrogen-bond acceptors (Lipinski definition) is 8. The van der Waals surface area contributed by atoms with Gasteiger partial charge in [0.05, 0.1) is 12.1 Å². The number of fused-ring (bicyclic) bond motifs is 1. The molecule has 9 heteroatoms. The largest absolute Gasteiger partial charge is 0.457 e. The molecular weight excluding hydrogens is 480 g/mol. The van der Waals surface area contributed by atoms with E-state index in [4.69, 9.17) is 4.74 Å². The van der Waals surface area contributed by atoms with Crippen molar-refractivity contribution in [1.82, 2.24) is 19.8 Å². The molecule has 2 aromatic carbocycles. The van der Waals surface area contributed by atoms with E-state index < -0.39 is 0 Å². The van der Waals surface area contributed by atoms with Gasteiger partial charge in [-0.1, -0.05) is 36.4 Å². The first-order chi connectivity index (χ1) is 18.4. The number of benzene rings is 2. The third-order valence-electron chi connectivity index (χ3n) is 7.24. The summed E-state index contributed by atoms with van der Waals surface area (Å²) in [6, 6.07) is 15.9. The zero-order chi connectivity index (χ0) is 26.5. The lowest BCUT2D eigenvalue weighted by atomic mass is 9.89. The third-order valence-corrected chi connectivity index (χ3v) is 7.24. The molecule has 198 valence electrons. The topological polar surface area (TPSA) is 99.7 Å². The Morgan fingerprint density at radius 3 is 2.71 bits per heavy atom. The van der Waals surface area contributed by atoms with Gasteiger partial charge >= 0.3 is 5.97 Å². The van der Waals surface area contributed by atoms with Gasteiger partial charge in [-0.2, -0.15) is 0 Å². The Morgan fingerprint density at radius 1 is 1.16 bits per heavy atom. The Morgan fingerprint density at radius 2 is 1.95 bits per heavy atom. The van der Waals surface area contributed by atoms with Crippen LogP contribution < -0.4 is 10.6 Å². The number of carbonyl (C=O) groups excluding carboxylic acids is 2. The molecule has 38 heavy (non-hydrogen) atoms. The molecule has 9 nitrogen and oxygen atoms in total. The monoisotopic (exact) mass is 514 g/mol. The average molecular weight is 515 g/mol. The van der Waals surface area contributed by atoms with Crippen LogP contribution in [-0.4, -0.2) is 77.0 Å². The van der Waals surface area contributed by atoms with Crippen molar-refractivity contribution in [2.45, 2.75) is 31.4 Å². The Bertz CT molecular complexity index is 1320. The fourth-order valence-electron chi connectivity index (χ4n) is 5.25. The number of piperidine rings is 1. The Labute approximate surface area is 222 Å². The number of amides is 1. The van der Waals surface area contributed by atoms with Gasteiger partial charge in [-0.3, -0.25) is 19.4 Å². The molecule has 1 amide bonds. The SMILES string of the molecule is C[C@@H](Nc1ncnc2ccc(NC(=O)/C=C/CN3CCC4(CC3)CN(C)CC(=O)O4)cc12)c1ccccc1. The minimum absolute atomic E-state index is 0.0613. The lowest BCUT2D eigenvalue weighted by Gasteiger charge is -2.45. The van der Waals surface area contributed by atoms with E-state index >= 15 is 0 Å². The zero-order valence-corrected chi connectivity index (χ0v) is 21.9. The minimum atomic E-state index is -0.367. The van der Waals surface area contributed by atoms with Crippen LogP contribution in [0.5, 0.6) is 0 Å².